The number of nitrogens with one attached hydrogen (secondary N) is 1. The van der Waals surface area contributed by atoms with E-state index in [9.17, 15) is 8.42 Å². The Bertz CT molecular complexity index is 731. The van der Waals surface area contributed by atoms with E-state index in [-0.39, 0.29) is 11.4 Å². The number of nitrogens with two attached hydrogens (primary N) is 1. The van der Waals surface area contributed by atoms with E-state index < -0.39 is 10.0 Å². The molecule has 0 aliphatic carbocycles. The van der Waals surface area contributed by atoms with Gasteiger partial charge in [0.2, 0.25) is 10.0 Å². The van der Waals surface area contributed by atoms with Crippen LogP contribution in [-0.4, -0.2) is 8.42 Å². The lowest BCUT2D eigenvalue weighted by Gasteiger charge is -2.10. The van der Waals surface area contributed by atoms with E-state index in [1.165, 1.54) is 0 Å². The predicted molar refractivity (Wildman–Crippen MR) is 90.2 cm³/mol. The summed E-state index contributed by atoms with van der Waals surface area (Å²) in [6.07, 6.45) is 0. The van der Waals surface area contributed by atoms with Gasteiger partial charge in [-0.05, 0) is 51.3 Å². The van der Waals surface area contributed by atoms with Crippen LogP contribution < -0.4 is 10.5 Å². The van der Waals surface area contributed by atoms with E-state index in [1.807, 2.05) is 24.3 Å². The van der Waals surface area contributed by atoms with Crippen LogP contribution in [0.3, 0.4) is 0 Å². The Morgan fingerprint density at radius 1 is 1.00 bits per heavy atom. The highest BCUT2D eigenvalue weighted by atomic mass is 79.9. The number of hydrogen-bond acceptors (Lipinski definition) is 3. The van der Waals surface area contributed by atoms with Crippen molar-refractivity contribution in [3.8, 4) is 0 Å². The van der Waals surface area contributed by atoms with Gasteiger partial charge in [-0.25, -0.2) is 13.1 Å². The van der Waals surface area contributed by atoms with Crippen LogP contribution in [0.15, 0.2) is 56.3 Å². The van der Waals surface area contributed by atoms with Crippen molar-refractivity contribution in [2.75, 3.05) is 0 Å². The molecule has 0 aliphatic heterocycles. The minimum atomic E-state index is -3.57. The maximum Gasteiger partial charge on any atom is 0.241 e. The minimum Gasteiger partial charge on any atom is -0.326 e. The third-order valence-electron chi connectivity index (χ3n) is 2.90. The molecule has 0 aromatic heterocycles. The Balaban J connectivity index is 2.16. The fraction of sp³-hybridized carbons (Fsp3) is 0.143. The van der Waals surface area contributed by atoms with Gasteiger partial charge < -0.3 is 5.73 Å². The average Bonchev–Trinajstić information content (AvgIpc) is 2.46. The maximum atomic E-state index is 12.3. The predicted octanol–water partition coefficient (Wildman–Crippen LogP) is 3.15. The normalized spacial score (nSPS) is 11.6. The van der Waals surface area contributed by atoms with Crippen LogP contribution in [0.1, 0.15) is 11.1 Å². The van der Waals surface area contributed by atoms with E-state index >= 15 is 0 Å². The molecule has 0 radical (unpaired) electrons. The Hall–Kier alpha value is -0.730. The number of rotatable bonds is 5. The molecule has 7 heteroatoms. The van der Waals surface area contributed by atoms with Gasteiger partial charge in [-0.2, -0.15) is 0 Å². The Labute approximate surface area is 141 Å². The highest BCUT2D eigenvalue weighted by Crippen LogP contribution is 2.23. The standard InChI is InChI=1S/C14H14Br2N2O2S/c15-12-4-1-10(2-5-12)9-18-21(19,20)14-6-3-11(8-17)7-13(14)16/h1-7,18H,8-9,17H2. The first-order chi connectivity index (χ1) is 9.92. The SMILES string of the molecule is NCc1ccc(S(=O)(=O)NCc2ccc(Br)cc2)c(Br)c1. The summed E-state index contributed by atoms with van der Waals surface area (Å²) in [5.74, 6) is 0. The highest BCUT2D eigenvalue weighted by Gasteiger charge is 2.17. The van der Waals surface area contributed by atoms with Crippen LogP contribution >= 0.6 is 31.9 Å². The third-order valence-corrected chi connectivity index (χ3v) is 5.81. The van der Waals surface area contributed by atoms with Crippen molar-refractivity contribution in [1.29, 1.82) is 0 Å². The van der Waals surface area contributed by atoms with Gasteiger partial charge in [0.25, 0.3) is 0 Å². The number of sulfonamides is 1. The Kier molecular flexibility index (Phi) is 5.56. The summed E-state index contributed by atoms with van der Waals surface area (Å²) in [5.41, 5.74) is 7.29. The number of hydrogen-bond donors (Lipinski definition) is 2. The van der Waals surface area contributed by atoms with Crippen LogP contribution in [0.5, 0.6) is 0 Å². The van der Waals surface area contributed by atoms with E-state index in [0.717, 1.165) is 15.6 Å². The molecule has 0 unspecified atom stereocenters. The van der Waals surface area contributed by atoms with Crippen LogP contribution in [-0.2, 0) is 23.1 Å². The fourth-order valence-corrected chi connectivity index (χ4v) is 4.15. The second-order valence-electron chi connectivity index (χ2n) is 4.42. The van der Waals surface area contributed by atoms with Gasteiger partial charge in [0.05, 0.1) is 4.90 Å². The van der Waals surface area contributed by atoms with Gasteiger partial charge in [0.15, 0.2) is 0 Å². The van der Waals surface area contributed by atoms with E-state index in [4.69, 9.17) is 5.73 Å². The molecule has 0 heterocycles. The fourth-order valence-electron chi connectivity index (χ4n) is 1.75. The van der Waals surface area contributed by atoms with E-state index in [0.29, 0.717) is 11.0 Å². The molecule has 0 amide bonds. The van der Waals surface area contributed by atoms with Crippen LogP contribution in [0.2, 0.25) is 0 Å². The second kappa shape index (κ2) is 7.02. The summed E-state index contributed by atoms with van der Waals surface area (Å²) in [5, 5.41) is 0. The van der Waals surface area contributed by atoms with Gasteiger partial charge in [0, 0.05) is 22.0 Å². The molecular weight excluding hydrogens is 420 g/mol. The molecule has 0 spiro atoms. The van der Waals surface area contributed by atoms with Crippen LogP contribution in [0, 0.1) is 0 Å². The lowest BCUT2D eigenvalue weighted by atomic mass is 10.2. The van der Waals surface area contributed by atoms with Crippen molar-refractivity contribution < 1.29 is 8.42 Å². The van der Waals surface area contributed by atoms with Crippen LogP contribution in [0.4, 0.5) is 0 Å². The smallest absolute Gasteiger partial charge is 0.241 e. The summed E-state index contributed by atoms with van der Waals surface area (Å²) < 4.78 is 28.7. The molecule has 0 saturated carbocycles. The van der Waals surface area contributed by atoms with Crippen LogP contribution in [0.25, 0.3) is 0 Å². The minimum absolute atomic E-state index is 0.205. The summed E-state index contributed by atoms with van der Waals surface area (Å²) in [6, 6.07) is 12.4. The lowest BCUT2D eigenvalue weighted by molar-refractivity contribution is 0.581. The average molecular weight is 434 g/mol. The molecule has 2 rings (SSSR count). The summed E-state index contributed by atoms with van der Waals surface area (Å²) in [7, 11) is -3.57. The van der Waals surface area contributed by atoms with Crippen molar-refractivity contribution in [3.63, 3.8) is 0 Å². The zero-order valence-corrected chi connectivity index (χ0v) is 15.0. The first-order valence-corrected chi connectivity index (χ1v) is 9.22. The van der Waals surface area contributed by atoms with Crippen molar-refractivity contribution in [2.24, 2.45) is 5.73 Å². The largest absolute Gasteiger partial charge is 0.326 e. The molecule has 4 nitrogen and oxygen atoms in total. The van der Waals surface area contributed by atoms with Gasteiger partial charge in [-0.15, -0.1) is 0 Å². The summed E-state index contributed by atoms with van der Waals surface area (Å²) in [6.45, 7) is 0.603. The first-order valence-electron chi connectivity index (χ1n) is 6.15. The van der Waals surface area contributed by atoms with E-state index in [2.05, 4.69) is 36.6 Å². The molecule has 0 fully saturated rings. The summed E-state index contributed by atoms with van der Waals surface area (Å²) >= 11 is 6.62. The zero-order valence-electron chi connectivity index (χ0n) is 11.0. The molecule has 0 saturated heterocycles. The molecule has 0 bridgehead atoms. The highest BCUT2D eigenvalue weighted by molar-refractivity contribution is 9.10. The summed E-state index contributed by atoms with van der Waals surface area (Å²) in [4.78, 5) is 0.205. The van der Waals surface area contributed by atoms with E-state index in [1.54, 1.807) is 18.2 Å². The van der Waals surface area contributed by atoms with Crippen molar-refractivity contribution in [1.82, 2.24) is 4.72 Å². The Morgan fingerprint density at radius 2 is 1.62 bits per heavy atom. The lowest BCUT2D eigenvalue weighted by Crippen LogP contribution is -2.23. The molecule has 0 atom stereocenters. The molecule has 2 aromatic rings. The van der Waals surface area contributed by atoms with Gasteiger partial charge in [-0.1, -0.05) is 34.1 Å². The van der Waals surface area contributed by atoms with Crippen molar-refractivity contribution in [3.05, 3.63) is 62.5 Å². The van der Waals surface area contributed by atoms with Crippen molar-refractivity contribution >= 4 is 41.9 Å². The quantitative estimate of drug-likeness (QED) is 0.760. The monoisotopic (exact) mass is 432 g/mol. The molecule has 0 aliphatic rings. The van der Waals surface area contributed by atoms with Gasteiger partial charge in [-0.3, -0.25) is 0 Å². The number of benzene rings is 2. The topological polar surface area (TPSA) is 72.2 Å². The zero-order chi connectivity index (χ0) is 15.5. The van der Waals surface area contributed by atoms with Crippen molar-refractivity contribution in [2.45, 2.75) is 18.0 Å². The molecule has 21 heavy (non-hydrogen) atoms. The Morgan fingerprint density at radius 3 is 2.19 bits per heavy atom. The first kappa shape index (κ1) is 16.6. The third kappa shape index (κ3) is 4.37. The van der Waals surface area contributed by atoms with Gasteiger partial charge in [0.1, 0.15) is 0 Å². The second-order valence-corrected chi connectivity index (χ2v) is 7.93. The molecule has 112 valence electrons. The maximum absolute atomic E-state index is 12.3. The molecule has 2 aromatic carbocycles. The molecule has 3 N–H and O–H groups in total. The molecular formula is C14H14Br2N2O2S. The number of halogens is 2. The van der Waals surface area contributed by atoms with Gasteiger partial charge >= 0.3 is 0 Å².